The summed E-state index contributed by atoms with van der Waals surface area (Å²) in [4.78, 5) is 24.4. The molecule has 4 rings (SSSR count). The molecule has 5 nitrogen and oxygen atoms in total. The van der Waals surface area contributed by atoms with Crippen LogP contribution in [0, 0.1) is 5.82 Å². The van der Waals surface area contributed by atoms with Crippen molar-refractivity contribution in [2.75, 3.05) is 31.1 Å². The molecule has 3 aromatic rings. The maximum absolute atomic E-state index is 13.1. The van der Waals surface area contributed by atoms with E-state index in [1.165, 1.54) is 42.6 Å². The lowest BCUT2D eigenvalue weighted by Crippen LogP contribution is -2.35. The van der Waals surface area contributed by atoms with E-state index in [0.29, 0.717) is 49.4 Å². The number of alkyl halides is 3. The monoisotopic (exact) mass is 418 g/mol. The number of fused-ring (bicyclic) bond motifs is 1. The Morgan fingerprint density at radius 3 is 2.43 bits per heavy atom. The number of carbonyl (C=O) groups is 1. The highest BCUT2D eigenvalue weighted by Crippen LogP contribution is 2.31. The van der Waals surface area contributed by atoms with Gasteiger partial charge in [-0.2, -0.15) is 13.2 Å². The van der Waals surface area contributed by atoms with Crippen LogP contribution in [0.3, 0.4) is 0 Å². The largest absolute Gasteiger partial charge is 0.433 e. The molecule has 2 aromatic heterocycles. The number of amides is 1. The minimum atomic E-state index is -4.51. The van der Waals surface area contributed by atoms with Crippen LogP contribution in [-0.4, -0.2) is 47.0 Å². The lowest BCUT2D eigenvalue weighted by molar-refractivity contribution is -0.140. The fourth-order valence-electron chi connectivity index (χ4n) is 3.56. The zero-order valence-corrected chi connectivity index (χ0v) is 15.9. The van der Waals surface area contributed by atoms with Crippen LogP contribution in [0.15, 0.2) is 48.7 Å². The van der Waals surface area contributed by atoms with Gasteiger partial charge in [0.05, 0.1) is 5.52 Å². The number of benzene rings is 1. The Morgan fingerprint density at radius 1 is 0.933 bits per heavy atom. The molecule has 0 bridgehead atoms. The molecule has 0 unspecified atom stereocenters. The molecular formula is C21H18F4N4O. The van der Waals surface area contributed by atoms with E-state index in [0.717, 1.165) is 6.07 Å². The van der Waals surface area contributed by atoms with Crippen LogP contribution in [-0.2, 0) is 6.18 Å². The number of aromatic nitrogens is 2. The summed E-state index contributed by atoms with van der Waals surface area (Å²) in [5, 5.41) is 0.531. The van der Waals surface area contributed by atoms with Crippen LogP contribution in [0.2, 0.25) is 0 Å². The molecule has 156 valence electrons. The summed E-state index contributed by atoms with van der Waals surface area (Å²) in [6, 6.07) is 9.21. The summed E-state index contributed by atoms with van der Waals surface area (Å²) in [6.07, 6.45) is -2.41. The Morgan fingerprint density at radius 2 is 1.70 bits per heavy atom. The average Bonchev–Trinajstić information content (AvgIpc) is 2.98. The van der Waals surface area contributed by atoms with Crippen molar-refractivity contribution in [3.05, 3.63) is 65.7 Å². The summed E-state index contributed by atoms with van der Waals surface area (Å²) in [5.74, 6) is -0.0399. The first-order valence-corrected chi connectivity index (χ1v) is 9.46. The molecule has 0 spiro atoms. The summed E-state index contributed by atoms with van der Waals surface area (Å²) >= 11 is 0. The van der Waals surface area contributed by atoms with Crippen molar-refractivity contribution in [3.63, 3.8) is 0 Å². The fraction of sp³-hybridized carbons (Fsp3) is 0.286. The van der Waals surface area contributed by atoms with Crippen molar-refractivity contribution in [2.24, 2.45) is 0 Å². The molecule has 1 fully saturated rings. The van der Waals surface area contributed by atoms with Gasteiger partial charge in [-0.25, -0.2) is 14.4 Å². The predicted octanol–water partition coefficient (Wildman–Crippen LogP) is 4.14. The molecule has 1 amide bonds. The van der Waals surface area contributed by atoms with E-state index in [2.05, 4.69) is 9.97 Å². The van der Waals surface area contributed by atoms with Gasteiger partial charge in [0.1, 0.15) is 17.3 Å². The number of hydrogen-bond donors (Lipinski definition) is 0. The van der Waals surface area contributed by atoms with Crippen LogP contribution < -0.4 is 4.90 Å². The van der Waals surface area contributed by atoms with Crippen molar-refractivity contribution >= 4 is 22.6 Å². The quantitative estimate of drug-likeness (QED) is 0.587. The van der Waals surface area contributed by atoms with Gasteiger partial charge in [-0.3, -0.25) is 4.79 Å². The molecule has 30 heavy (non-hydrogen) atoms. The van der Waals surface area contributed by atoms with Crippen molar-refractivity contribution in [3.8, 4) is 0 Å². The van der Waals surface area contributed by atoms with Crippen molar-refractivity contribution in [1.29, 1.82) is 0 Å². The van der Waals surface area contributed by atoms with Gasteiger partial charge in [0, 0.05) is 43.3 Å². The Bertz CT molecular complexity index is 1070. The second-order valence-corrected chi connectivity index (χ2v) is 7.04. The minimum Gasteiger partial charge on any atom is -0.354 e. The van der Waals surface area contributed by atoms with Crippen LogP contribution in [0.4, 0.5) is 23.4 Å². The summed E-state index contributed by atoms with van der Waals surface area (Å²) < 4.78 is 52.0. The van der Waals surface area contributed by atoms with Gasteiger partial charge >= 0.3 is 6.18 Å². The molecule has 1 aromatic carbocycles. The highest BCUT2D eigenvalue weighted by Gasteiger charge is 2.32. The van der Waals surface area contributed by atoms with Gasteiger partial charge in [0.25, 0.3) is 5.91 Å². The number of anilines is 1. The van der Waals surface area contributed by atoms with Crippen molar-refractivity contribution in [1.82, 2.24) is 14.9 Å². The molecule has 0 saturated carbocycles. The molecule has 0 N–H and O–H groups in total. The zero-order valence-electron chi connectivity index (χ0n) is 15.9. The molecule has 3 heterocycles. The standard InChI is InChI=1S/C21H18F4N4O/c22-15-4-2-14(3-5-15)20(30)29-11-1-10-28(12-13-29)19-16-6-7-18(21(23,24)25)27-17(16)8-9-26-19/h2-9H,1,10-13H2. The van der Waals surface area contributed by atoms with Gasteiger partial charge in [0.15, 0.2) is 0 Å². The van der Waals surface area contributed by atoms with E-state index < -0.39 is 17.7 Å². The number of hydrogen-bond acceptors (Lipinski definition) is 4. The third-order valence-corrected chi connectivity index (χ3v) is 5.06. The first-order valence-electron chi connectivity index (χ1n) is 9.46. The molecule has 0 radical (unpaired) electrons. The van der Waals surface area contributed by atoms with E-state index in [1.54, 1.807) is 4.90 Å². The highest BCUT2D eigenvalue weighted by atomic mass is 19.4. The maximum Gasteiger partial charge on any atom is 0.433 e. The summed E-state index contributed by atoms with van der Waals surface area (Å²) in [6.45, 7) is 2.01. The number of rotatable bonds is 2. The van der Waals surface area contributed by atoms with Gasteiger partial charge < -0.3 is 9.80 Å². The normalized spacial score (nSPS) is 15.3. The van der Waals surface area contributed by atoms with E-state index in [9.17, 15) is 22.4 Å². The van der Waals surface area contributed by atoms with Gasteiger partial charge in [-0.15, -0.1) is 0 Å². The Hall–Kier alpha value is -3.23. The third-order valence-electron chi connectivity index (χ3n) is 5.06. The van der Waals surface area contributed by atoms with Crippen molar-refractivity contribution in [2.45, 2.75) is 12.6 Å². The smallest absolute Gasteiger partial charge is 0.354 e. The van der Waals surface area contributed by atoms with Crippen molar-refractivity contribution < 1.29 is 22.4 Å². The number of pyridine rings is 2. The van der Waals surface area contributed by atoms with Crippen LogP contribution >= 0.6 is 0 Å². The van der Waals surface area contributed by atoms with Crippen LogP contribution in [0.1, 0.15) is 22.5 Å². The maximum atomic E-state index is 13.1. The molecular weight excluding hydrogens is 400 g/mol. The molecule has 1 aliphatic heterocycles. The first kappa shape index (κ1) is 20.1. The fourth-order valence-corrected chi connectivity index (χ4v) is 3.56. The third kappa shape index (κ3) is 4.05. The highest BCUT2D eigenvalue weighted by molar-refractivity contribution is 5.94. The second-order valence-electron chi connectivity index (χ2n) is 7.04. The first-order chi connectivity index (χ1) is 14.3. The number of halogens is 4. The Balaban J connectivity index is 1.55. The molecule has 0 aliphatic carbocycles. The van der Waals surface area contributed by atoms with Crippen LogP contribution in [0.25, 0.3) is 10.9 Å². The van der Waals surface area contributed by atoms with E-state index in [4.69, 9.17) is 0 Å². The summed E-state index contributed by atoms with van der Waals surface area (Å²) in [5.41, 5.74) is -0.311. The predicted molar refractivity (Wildman–Crippen MR) is 104 cm³/mol. The topological polar surface area (TPSA) is 49.3 Å². The SMILES string of the molecule is O=C(c1ccc(F)cc1)N1CCCN(c2nccc3nc(C(F)(F)F)ccc23)CC1. The van der Waals surface area contributed by atoms with E-state index in [-0.39, 0.29) is 11.4 Å². The summed E-state index contributed by atoms with van der Waals surface area (Å²) in [7, 11) is 0. The lowest BCUT2D eigenvalue weighted by Gasteiger charge is -2.24. The minimum absolute atomic E-state index is 0.181. The van der Waals surface area contributed by atoms with E-state index >= 15 is 0 Å². The molecule has 9 heteroatoms. The second kappa shape index (κ2) is 7.89. The van der Waals surface area contributed by atoms with Gasteiger partial charge in [-0.1, -0.05) is 0 Å². The Kier molecular flexibility index (Phi) is 5.27. The Labute approximate surface area is 170 Å². The zero-order chi connectivity index (χ0) is 21.3. The van der Waals surface area contributed by atoms with Crippen LogP contribution in [0.5, 0.6) is 0 Å². The molecule has 1 saturated heterocycles. The number of nitrogens with zero attached hydrogens (tertiary/aromatic N) is 4. The van der Waals surface area contributed by atoms with E-state index in [1.807, 2.05) is 4.90 Å². The average molecular weight is 418 g/mol. The lowest BCUT2D eigenvalue weighted by atomic mass is 10.2. The molecule has 1 aliphatic rings. The number of carbonyl (C=O) groups excluding carboxylic acids is 1. The van der Waals surface area contributed by atoms with Gasteiger partial charge in [-0.05, 0) is 48.9 Å². The van der Waals surface area contributed by atoms with Gasteiger partial charge in [0.2, 0.25) is 0 Å². The molecule has 0 atom stereocenters.